The zero-order valence-electron chi connectivity index (χ0n) is 10.8. The van der Waals surface area contributed by atoms with Gasteiger partial charge >= 0.3 is 5.97 Å². The predicted octanol–water partition coefficient (Wildman–Crippen LogP) is 2.79. The molecule has 3 rings (SSSR count). The predicted molar refractivity (Wildman–Crippen MR) is 81.4 cm³/mol. The third-order valence-corrected chi connectivity index (χ3v) is 7.22. The quantitative estimate of drug-likeness (QED) is 0.928. The number of hydrogen-bond donors (Lipinski definition) is 1. The molecule has 2 aromatic rings. The number of thiophene rings is 1. The van der Waals surface area contributed by atoms with E-state index >= 15 is 0 Å². The molecule has 0 spiro atoms. The average molecular weight is 346 g/mol. The lowest BCUT2D eigenvalue weighted by molar-refractivity contribution is -0.140. The van der Waals surface area contributed by atoms with Crippen LogP contribution in [0.15, 0.2) is 28.5 Å². The summed E-state index contributed by atoms with van der Waals surface area (Å²) in [5, 5.41) is 10.4. The van der Waals surface area contributed by atoms with Gasteiger partial charge in [-0.3, -0.25) is 4.79 Å². The Morgan fingerprint density at radius 2 is 2.14 bits per heavy atom. The fourth-order valence-electron chi connectivity index (χ4n) is 2.51. The van der Waals surface area contributed by atoms with Crippen LogP contribution in [-0.2, 0) is 14.8 Å². The molecule has 2 heterocycles. The number of nitrogens with zero attached hydrogens (tertiary/aromatic N) is 1. The molecule has 1 aliphatic rings. The monoisotopic (exact) mass is 345 g/mol. The van der Waals surface area contributed by atoms with Crippen molar-refractivity contribution < 1.29 is 18.3 Å². The average Bonchev–Trinajstić information content (AvgIpc) is 3.04. The molecule has 0 amide bonds. The van der Waals surface area contributed by atoms with Gasteiger partial charge in [0.05, 0.1) is 0 Å². The van der Waals surface area contributed by atoms with Crippen molar-refractivity contribution in [3.63, 3.8) is 0 Å². The second-order valence-corrected chi connectivity index (χ2v) is 8.50. The zero-order valence-corrected chi connectivity index (χ0v) is 13.2. The van der Waals surface area contributed by atoms with E-state index in [1.54, 1.807) is 24.3 Å². The third kappa shape index (κ3) is 2.55. The molecule has 1 N–H and O–H groups in total. The maximum absolute atomic E-state index is 12.6. The number of sulfonamides is 1. The standard InChI is InChI=1S/C13H12ClNO4S2/c14-9-3-4-11-8(6-9)7-12(20-11)21(18,19)15-5-1-2-10(15)13(16)17/h3-4,6-7,10H,1-2,5H2,(H,16,17)/t10-/m0/s1. The Balaban J connectivity index is 2.05. The molecule has 5 nitrogen and oxygen atoms in total. The van der Waals surface area contributed by atoms with Crippen molar-refractivity contribution in [2.45, 2.75) is 23.1 Å². The molecular formula is C13H12ClNO4S2. The maximum Gasteiger partial charge on any atom is 0.322 e. The van der Waals surface area contributed by atoms with Crippen molar-refractivity contribution >= 4 is 49.0 Å². The normalized spacial score (nSPS) is 20.1. The fourth-order valence-corrected chi connectivity index (χ4v) is 5.85. The van der Waals surface area contributed by atoms with E-state index in [4.69, 9.17) is 16.7 Å². The first kappa shape index (κ1) is 14.8. The smallest absolute Gasteiger partial charge is 0.322 e. The largest absolute Gasteiger partial charge is 0.480 e. The van der Waals surface area contributed by atoms with Crippen LogP contribution in [-0.4, -0.2) is 36.4 Å². The molecule has 0 unspecified atom stereocenters. The van der Waals surface area contributed by atoms with Gasteiger partial charge in [0.15, 0.2) is 0 Å². The molecule has 8 heteroatoms. The number of aliphatic carboxylic acids is 1. The lowest BCUT2D eigenvalue weighted by Crippen LogP contribution is -2.40. The van der Waals surface area contributed by atoms with E-state index in [9.17, 15) is 13.2 Å². The van der Waals surface area contributed by atoms with Crippen LogP contribution in [0.1, 0.15) is 12.8 Å². The molecule has 1 atom stereocenters. The molecule has 0 aliphatic carbocycles. The van der Waals surface area contributed by atoms with Crippen LogP contribution >= 0.6 is 22.9 Å². The number of rotatable bonds is 3. The minimum absolute atomic E-state index is 0.160. The molecule has 1 fully saturated rings. The number of carboxylic acids is 1. The van der Waals surface area contributed by atoms with Crippen LogP contribution in [0.2, 0.25) is 5.02 Å². The Kier molecular flexibility index (Phi) is 3.69. The molecule has 1 saturated heterocycles. The van der Waals surface area contributed by atoms with E-state index in [0.717, 1.165) is 25.7 Å². The molecule has 21 heavy (non-hydrogen) atoms. The summed E-state index contributed by atoms with van der Waals surface area (Å²) in [5.41, 5.74) is 0. The van der Waals surface area contributed by atoms with Crippen molar-refractivity contribution in [1.29, 1.82) is 0 Å². The number of fused-ring (bicyclic) bond motifs is 1. The van der Waals surface area contributed by atoms with E-state index in [1.165, 1.54) is 0 Å². The Morgan fingerprint density at radius 3 is 2.86 bits per heavy atom. The van der Waals surface area contributed by atoms with E-state index in [-0.39, 0.29) is 10.8 Å². The highest BCUT2D eigenvalue weighted by Gasteiger charge is 2.40. The summed E-state index contributed by atoms with van der Waals surface area (Å²) in [4.78, 5) is 11.2. The minimum Gasteiger partial charge on any atom is -0.480 e. The number of halogens is 1. The van der Waals surface area contributed by atoms with Gasteiger partial charge in [0.1, 0.15) is 10.3 Å². The van der Waals surface area contributed by atoms with Crippen molar-refractivity contribution in [2.24, 2.45) is 0 Å². The topological polar surface area (TPSA) is 74.7 Å². The van der Waals surface area contributed by atoms with E-state index in [1.807, 2.05) is 0 Å². The summed E-state index contributed by atoms with van der Waals surface area (Å²) in [5.74, 6) is -1.10. The summed E-state index contributed by atoms with van der Waals surface area (Å²) in [7, 11) is -3.78. The van der Waals surface area contributed by atoms with Crippen LogP contribution in [0.5, 0.6) is 0 Å². The Labute approximate surface area is 130 Å². The molecule has 112 valence electrons. The molecular weight excluding hydrogens is 334 g/mol. The summed E-state index contributed by atoms with van der Waals surface area (Å²) < 4.78 is 27.3. The number of benzene rings is 1. The molecule has 1 aromatic carbocycles. The van der Waals surface area contributed by atoms with Crippen LogP contribution in [0, 0.1) is 0 Å². The van der Waals surface area contributed by atoms with Gasteiger partial charge in [-0.2, -0.15) is 4.31 Å². The zero-order chi connectivity index (χ0) is 15.2. The van der Waals surface area contributed by atoms with Crippen LogP contribution in [0.3, 0.4) is 0 Å². The van der Waals surface area contributed by atoms with E-state index in [0.29, 0.717) is 17.9 Å². The first-order chi connectivity index (χ1) is 9.89. The van der Waals surface area contributed by atoms with Gasteiger partial charge in [-0.15, -0.1) is 11.3 Å². The van der Waals surface area contributed by atoms with Gasteiger partial charge in [0.25, 0.3) is 10.0 Å². The summed E-state index contributed by atoms with van der Waals surface area (Å²) in [6, 6.07) is 5.75. The summed E-state index contributed by atoms with van der Waals surface area (Å²) in [6.45, 7) is 0.244. The molecule has 1 aromatic heterocycles. The Morgan fingerprint density at radius 1 is 1.38 bits per heavy atom. The van der Waals surface area contributed by atoms with Crippen LogP contribution < -0.4 is 0 Å². The lowest BCUT2D eigenvalue weighted by Gasteiger charge is -2.19. The number of carboxylic acid groups (broad SMARTS) is 1. The minimum atomic E-state index is -3.78. The van der Waals surface area contributed by atoms with Crippen molar-refractivity contribution in [3.8, 4) is 0 Å². The second-order valence-electron chi connectivity index (χ2n) is 4.86. The van der Waals surface area contributed by atoms with Gasteiger partial charge in [0, 0.05) is 16.3 Å². The lowest BCUT2D eigenvalue weighted by atomic mass is 10.2. The second kappa shape index (κ2) is 5.24. The molecule has 0 radical (unpaired) electrons. The first-order valence-corrected chi connectivity index (χ1v) is 8.97. The molecule has 0 saturated carbocycles. The van der Waals surface area contributed by atoms with E-state index in [2.05, 4.69) is 0 Å². The number of carbonyl (C=O) groups is 1. The van der Waals surface area contributed by atoms with Gasteiger partial charge < -0.3 is 5.11 Å². The summed E-state index contributed by atoms with van der Waals surface area (Å²) >= 11 is 7.03. The van der Waals surface area contributed by atoms with Crippen molar-refractivity contribution in [3.05, 3.63) is 29.3 Å². The maximum atomic E-state index is 12.6. The van der Waals surface area contributed by atoms with Crippen molar-refractivity contribution in [1.82, 2.24) is 4.31 Å². The van der Waals surface area contributed by atoms with Crippen LogP contribution in [0.4, 0.5) is 0 Å². The molecule has 1 aliphatic heterocycles. The first-order valence-electron chi connectivity index (χ1n) is 6.33. The van der Waals surface area contributed by atoms with Gasteiger partial charge in [-0.25, -0.2) is 8.42 Å². The number of hydrogen-bond acceptors (Lipinski definition) is 4. The molecule has 0 bridgehead atoms. The highest BCUT2D eigenvalue weighted by atomic mass is 35.5. The third-order valence-electron chi connectivity index (χ3n) is 3.51. The highest BCUT2D eigenvalue weighted by molar-refractivity contribution is 7.91. The van der Waals surface area contributed by atoms with Gasteiger partial charge in [-0.05, 0) is 42.5 Å². The van der Waals surface area contributed by atoms with Crippen LogP contribution in [0.25, 0.3) is 10.1 Å². The SMILES string of the molecule is O=C(O)[C@@H]1CCCN1S(=O)(=O)c1cc2cc(Cl)ccc2s1. The highest BCUT2D eigenvalue weighted by Crippen LogP contribution is 2.35. The van der Waals surface area contributed by atoms with Gasteiger partial charge in [-0.1, -0.05) is 11.6 Å². The Bertz CT molecular complexity index is 815. The van der Waals surface area contributed by atoms with Gasteiger partial charge in [0.2, 0.25) is 0 Å². The fraction of sp³-hybridized carbons (Fsp3) is 0.308. The Hall–Kier alpha value is -1.15. The van der Waals surface area contributed by atoms with Crippen molar-refractivity contribution in [2.75, 3.05) is 6.54 Å². The summed E-state index contributed by atoms with van der Waals surface area (Å²) in [6.07, 6.45) is 0.915. The van der Waals surface area contributed by atoms with E-state index < -0.39 is 22.0 Å².